The third kappa shape index (κ3) is 9.86. The second kappa shape index (κ2) is 9.95. The highest BCUT2D eigenvalue weighted by Crippen LogP contribution is 2.21. The van der Waals surface area contributed by atoms with E-state index in [1.807, 2.05) is 6.92 Å². The van der Waals surface area contributed by atoms with Crippen LogP contribution in [0.5, 0.6) is 0 Å². The molecule has 1 aliphatic heterocycles. The molecule has 7 heteroatoms. The maximum absolute atomic E-state index is 11.5. The number of aliphatic imine (C=N–C) groups is 1. The maximum Gasteiger partial charge on any atom is 0.191 e. The largest absolute Gasteiger partial charge is 0.357 e. The molecule has 1 unspecified atom stereocenters. The van der Waals surface area contributed by atoms with Gasteiger partial charge in [-0.2, -0.15) is 0 Å². The first-order chi connectivity index (χ1) is 9.72. The summed E-state index contributed by atoms with van der Waals surface area (Å²) in [7, 11) is -2.85. The van der Waals surface area contributed by atoms with Crippen molar-refractivity contribution in [2.75, 3.05) is 24.6 Å². The van der Waals surface area contributed by atoms with Crippen LogP contribution in [0.4, 0.5) is 0 Å². The van der Waals surface area contributed by atoms with E-state index in [2.05, 4.69) is 36.4 Å². The fraction of sp³-hybridized carbons (Fsp3) is 0.933. The van der Waals surface area contributed by atoms with Gasteiger partial charge in [0, 0.05) is 19.1 Å². The van der Waals surface area contributed by atoms with Crippen molar-refractivity contribution in [3.8, 4) is 0 Å². The molecule has 0 saturated carbocycles. The van der Waals surface area contributed by atoms with Crippen LogP contribution in [-0.2, 0) is 9.84 Å². The van der Waals surface area contributed by atoms with Crippen LogP contribution in [0.2, 0.25) is 0 Å². The SMILES string of the molecule is CCNC(=NCCCCC(C)(C)C)NC1CCS(=O)(=O)C1.I. The first-order valence-corrected chi connectivity index (χ1v) is 9.79. The number of nitrogens with zero attached hydrogens (tertiary/aromatic N) is 1. The molecule has 0 bridgehead atoms. The molecule has 0 aromatic rings. The molecule has 0 aromatic heterocycles. The predicted molar refractivity (Wildman–Crippen MR) is 105 cm³/mol. The molecule has 1 saturated heterocycles. The minimum absolute atomic E-state index is 0. The summed E-state index contributed by atoms with van der Waals surface area (Å²) >= 11 is 0. The van der Waals surface area contributed by atoms with Crippen molar-refractivity contribution < 1.29 is 8.42 Å². The van der Waals surface area contributed by atoms with E-state index in [9.17, 15) is 8.42 Å². The highest BCUT2D eigenvalue weighted by Gasteiger charge is 2.28. The summed E-state index contributed by atoms with van der Waals surface area (Å²) in [6.07, 6.45) is 4.12. The Morgan fingerprint density at radius 1 is 1.27 bits per heavy atom. The summed E-state index contributed by atoms with van der Waals surface area (Å²) in [5.74, 6) is 1.26. The molecule has 5 nitrogen and oxygen atoms in total. The van der Waals surface area contributed by atoms with Crippen molar-refractivity contribution in [1.82, 2.24) is 10.6 Å². The average molecular weight is 445 g/mol. The predicted octanol–water partition coefficient (Wildman–Crippen LogP) is 2.56. The van der Waals surface area contributed by atoms with Gasteiger partial charge >= 0.3 is 0 Å². The third-order valence-corrected chi connectivity index (χ3v) is 5.29. The quantitative estimate of drug-likeness (QED) is 0.285. The molecule has 0 aliphatic carbocycles. The number of rotatable bonds is 6. The average Bonchev–Trinajstić information content (AvgIpc) is 2.67. The zero-order valence-corrected chi connectivity index (χ0v) is 17.5. The van der Waals surface area contributed by atoms with E-state index in [1.54, 1.807) is 0 Å². The fourth-order valence-corrected chi connectivity index (χ4v) is 4.05. The highest BCUT2D eigenvalue weighted by molar-refractivity contribution is 14.0. The molecule has 0 aromatic carbocycles. The molecule has 2 N–H and O–H groups in total. The number of guanidine groups is 1. The van der Waals surface area contributed by atoms with E-state index in [-0.39, 0.29) is 41.5 Å². The Bertz CT molecular complexity index is 444. The van der Waals surface area contributed by atoms with Gasteiger partial charge in [0.2, 0.25) is 0 Å². The smallest absolute Gasteiger partial charge is 0.191 e. The Morgan fingerprint density at radius 3 is 2.45 bits per heavy atom. The standard InChI is InChI=1S/C15H31N3O2S.HI/c1-5-16-14(17-10-7-6-9-15(2,3)4)18-13-8-11-21(19,20)12-13;/h13H,5-12H2,1-4H3,(H2,16,17,18);1H. The lowest BCUT2D eigenvalue weighted by Gasteiger charge is -2.18. The van der Waals surface area contributed by atoms with Crippen LogP contribution >= 0.6 is 24.0 Å². The summed E-state index contributed by atoms with van der Waals surface area (Å²) in [5, 5.41) is 6.43. The summed E-state index contributed by atoms with van der Waals surface area (Å²) in [6.45, 7) is 10.3. The lowest BCUT2D eigenvalue weighted by Crippen LogP contribution is -2.44. The van der Waals surface area contributed by atoms with Crippen LogP contribution in [0.15, 0.2) is 4.99 Å². The Morgan fingerprint density at radius 2 is 1.95 bits per heavy atom. The monoisotopic (exact) mass is 445 g/mol. The molecule has 1 fully saturated rings. The van der Waals surface area contributed by atoms with E-state index in [1.165, 1.54) is 12.8 Å². The summed E-state index contributed by atoms with van der Waals surface area (Å²) in [5.41, 5.74) is 0.380. The van der Waals surface area contributed by atoms with Crippen molar-refractivity contribution in [3.05, 3.63) is 0 Å². The first kappa shape index (κ1) is 21.9. The number of nitrogens with one attached hydrogen (secondary N) is 2. The number of sulfone groups is 1. The zero-order valence-electron chi connectivity index (χ0n) is 14.3. The van der Waals surface area contributed by atoms with Crippen LogP contribution in [0.25, 0.3) is 0 Å². The van der Waals surface area contributed by atoms with Gasteiger partial charge in [0.25, 0.3) is 0 Å². The van der Waals surface area contributed by atoms with Crippen LogP contribution < -0.4 is 10.6 Å². The van der Waals surface area contributed by atoms with Gasteiger partial charge < -0.3 is 10.6 Å². The second-order valence-electron chi connectivity index (χ2n) is 7.02. The third-order valence-electron chi connectivity index (χ3n) is 3.52. The van der Waals surface area contributed by atoms with Gasteiger partial charge in [-0.05, 0) is 31.6 Å². The molecule has 1 aliphatic rings. The van der Waals surface area contributed by atoms with Crippen molar-refractivity contribution in [1.29, 1.82) is 0 Å². The molecule has 22 heavy (non-hydrogen) atoms. The molecule has 0 amide bonds. The molecule has 0 radical (unpaired) electrons. The molecule has 1 heterocycles. The zero-order chi connectivity index (χ0) is 15.9. The number of hydrogen-bond donors (Lipinski definition) is 2. The van der Waals surface area contributed by atoms with E-state index in [4.69, 9.17) is 0 Å². The molecule has 1 atom stereocenters. The van der Waals surface area contributed by atoms with Crippen LogP contribution in [0, 0.1) is 5.41 Å². The molecular weight excluding hydrogens is 413 g/mol. The Labute approximate surface area is 153 Å². The summed E-state index contributed by atoms with van der Waals surface area (Å²) < 4.78 is 22.9. The minimum Gasteiger partial charge on any atom is -0.357 e. The fourth-order valence-electron chi connectivity index (χ4n) is 2.38. The molecule has 0 spiro atoms. The van der Waals surface area contributed by atoms with E-state index in [0.29, 0.717) is 11.8 Å². The number of unbranched alkanes of at least 4 members (excludes halogenated alkanes) is 1. The maximum atomic E-state index is 11.5. The van der Waals surface area contributed by atoms with Gasteiger partial charge in [-0.1, -0.05) is 27.2 Å². The summed E-state index contributed by atoms with van der Waals surface area (Å²) in [4.78, 5) is 4.54. The van der Waals surface area contributed by atoms with E-state index in [0.717, 1.165) is 25.5 Å². The van der Waals surface area contributed by atoms with Crippen molar-refractivity contribution in [2.45, 2.75) is 59.4 Å². The number of halogens is 1. The van der Waals surface area contributed by atoms with Crippen molar-refractivity contribution in [2.24, 2.45) is 10.4 Å². The normalized spacial score (nSPS) is 21.3. The minimum atomic E-state index is -2.85. The van der Waals surface area contributed by atoms with E-state index >= 15 is 0 Å². The Kier molecular flexibility index (Phi) is 9.93. The molecular formula is C15H32IN3O2S. The van der Waals surface area contributed by atoms with Gasteiger partial charge in [-0.15, -0.1) is 24.0 Å². The van der Waals surface area contributed by atoms with E-state index < -0.39 is 9.84 Å². The summed E-state index contributed by atoms with van der Waals surface area (Å²) in [6, 6.07) is 0.00220. The topological polar surface area (TPSA) is 70.6 Å². The lowest BCUT2D eigenvalue weighted by atomic mass is 9.90. The van der Waals surface area contributed by atoms with Crippen LogP contribution in [0.3, 0.4) is 0 Å². The van der Waals surface area contributed by atoms with Gasteiger partial charge in [0.1, 0.15) is 0 Å². The first-order valence-electron chi connectivity index (χ1n) is 7.97. The Hall–Kier alpha value is -0.0500. The van der Waals surface area contributed by atoms with Gasteiger partial charge in [0.15, 0.2) is 15.8 Å². The van der Waals surface area contributed by atoms with Crippen LogP contribution in [0.1, 0.15) is 53.4 Å². The van der Waals surface area contributed by atoms with Crippen LogP contribution in [-0.4, -0.2) is 45.0 Å². The second-order valence-corrected chi connectivity index (χ2v) is 9.25. The van der Waals surface area contributed by atoms with Gasteiger partial charge in [-0.3, -0.25) is 4.99 Å². The Balaban J connectivity index is 0.00000441. The van der Waals surface area contributed by atoms with Gasteiger partial charge in [-0.25, -0.2) is 8.42 Å². The lowest BCUT2D eigenvalue weighted by molar-refractivity contribution is 0.361. The van der Waals surface area contributed by atoms with Gasteiger partial charge in [0.05, 0.1) is 11.5 Å². The van der Waals surface area contributed by atoms with Crippen molar-refractivity contribution >= 4 is 39.8 Å². The highest BCUT2D eigenvalue weighted by atomic mass is 127. The molecule has 132 valence electrons. The van der Waals surface area contributed by atoms with Crippen molar-refractivity contribution in [3.63, 3.8) is 0 Å². The molecule has 1 rings (SSSR count). The number of hydrogen-bond acceptors (Lipinski definition) is 3.